The quantitative estimate of drug-likeness (QED) is 0.631. The van der Waals surface area contributed by atoms with Gasteiger partial charge in [-0.15, -0.1) is 6.07 Å². The van der Waals surface area contributed by atoms with Gasteiger partial charge in [0.05, 0.1) is 0 Å². The number of pyridine rings is 1. The van der Waals surface area contributed by atoms with E-state index in [0.717, 1.165) is 22.6 Å². The number of rotatable bonds is 4. The van der Waals surface area contributed by atoms with Crippen LogP contribution in [0, 0.1) is 13.0 Å². The van der Waals surface area contributed by atoms with Gasteiger partial charge in [-0.3, -0.25) is 4.79 Å². The molecule has 0 unspecified atom stereocenters. The number of aromatic nitrogens is 1. The van der Waals surface area contributed by atoms with Gasteiger partial charge in [0.2, 0.25) is 0 Å². The van der Waals surface area contributed by atoms with Crippen LogP contribution in [-0.4, -0.2) is 11.2 Å². The number of aryl methyl sites for hydroxylation is 1. The molecule has 0 saturated heterocycles. The average molecular weight is 343 g/mol. The maximum atomic E-state index is 11.6. The van der Waals surface area contributed by atoms with E-state index in [9.17, 15) is 4.79 Å². The topological polar surface area (TPSA) is 31.2 Å². The Hall–Kier alpha value is -1.19. The van der Waals surface area contributed by atoms with Gasteiger partial charge in [0.15, 0.2) is 5.56 Å². The van der Waals surface area contributed by atoms with Crippen molar-refractivity contribution in [1.29, 1.82) is 0 Å². The molecule has 1 radical (unpaired) electrons. The standard InChI is InChI=1S/C16H16NO2.Y/c1-4-10-19-13-8-9-14(12(2)11-13)15-6-5-7-16(18)17(15)3;/h4-5,7-9,11H,1,10H2,2-3H3;/q-1;. The molecular weight excluding hydrogens is 327 g/mol. The molecule has 3 nitrogen and oxygen atoms in total. The van der Waals surface area contributed by atoms with Crippen molar-refractivity contribution in [1.82, 2.24) is 4.57 Å². The van der Waals surface area contributed by atoms with E-state index in [2.05, 4.69) is 12.6 Å². The molecule has 0 aliphatic heterocycles. The second-order valence-corrected chi connectivity index (χ2v) is 4.30. The summed E-state index contributed by atoms with van der Waals surface area (Å²) in [6, 6.07) is 12.0. The van der Waals surface area contributed by atoms with Gasteiger partial charge in [-0.2, -0.15) is 12.1 Å². The van der Waals surface area contributed by atoms with Crippen molar-refractivity contribution in [3.05, 3.63) is 65.0 Å². The van der Waals surface area contributed by atoms with Crippen molar-refractivity contribution in [3.63, 3.8) is 0 Å². The van der Waals surface area contributed by atoms with Crippen LogP contribution in [0.3, 0.4) is 0 Å². The smallest absolute Gasteiger partial charge is 0.194 e. The first-order valence-electron chi connectivity index (χ1n) is 6.06. The monoisotopic (exact) mass is 343 g/mol. The van der Waals surface area contributed by atoms with E-state index < -0.39 is 0 Å². The molecule has 20 heavy (non-hydrogen) atoms. The van der Waals surface area contributed by atoms with Crippen LogP contribution in [0.1, 0.15) is 5.56 Å². The van der Waals surface area contributed by atoms with Crippen molar-refractivity contribution >= 4 is 0 Å². The van der Waals surface area contributed by atoms with Crippen LogP contribution in [0.2, 0.25) is 0 Å². The Labute approximate surface area is 144 Å². The molecule has 0 amide bonds. The van der Waals surface area contributed by atoms with E-state index in [1.54, 1.807) is 23.8 Å². The number of hydrogen-bond acceptors (Lipinski definition) is 2. The fourth-order valence-electron chi connectivity index (χ4n) is 1.92. The van der Waals surface area contributed by atoms with Gasteiger partial charge in [0.25, 0.3) is 0 Å². The molecule has 0 aliphatic rings. The molecule has 4 heteroatoms. The van der Waals surface area contributed by atoms with Crippen LogP contribution in [0.25, 0.3) is 11.3 Å². The van der Waals surface area contributed by atoms with Gasteiger partial charge in [-0.25, -0.2) is 0 Å². The third kappa shape index (κ3) is 3.68. The molecule has 0 aliphatic carbocycles. The van der Waals surface area contributed by atoms with Gasteiger partial charge in [-0.05, 0) is 12.1 Å². The third-order valence-corrected chi connectivity index (χ3v) is 2.93. The predicted molar refractivity (Wildman–Crippen MR) is 76.4 cm³/mol. The summed E-state index contributed by atoms with van der Waals surface area (Å²) >= 11 is 0. The molecular formula is C16H16NO2Y-. The third-order valence-electron chi connectivity index (χ3n) is 2.93. The number of benzene rings is 1. The van der Waals surface area contributed by atoms with Crippen LogP contribution in [0.4, 0.5) is 0 Å². The minimum Gasteiger partial charge on any atom is -0.490 e. The molecule has 0 spiro atoms. The Balaban J connectivity index is 0.00000200. The van der Waals surface area contributed by atoms with Crippen LogP contribution in [0.5, 0.6) is 5.75 Å². The van der Waals surface area contributed by atoms with Gasteiger partial charge in [-0.1, -0.05) is 42.5 Å². The zero-order valence-electron chi connectivity index (χ0n) is 11.7. The Morgan fingerprint density at radius 1 is 1.40 bits per heavy atom. The van der Waals surface area contributed by atoms with Crippen molar-refractivity contribution in [2.45, 2.75) is 6.92 Å². The maximum Gasteiger partial charge on any atom is 0.194 e. The second kappa shape index (κ2) is 7.56. The summed E-state index contributed by atoms with van der Waals surface area (Å²) in [5, 5.41) is 0. The van der Waals surface area contributed by atoms with E-state index in [4.69, 9.17) is 4.74 Å². The summed E-state index contributed by atoms with van der Waals surface area (Å²) in [4.78, 5) is 11.6. The summed E-state index contributed by atoms with van der Waals surface area (Å²) in [7, 11) is 1.75. The van der Waals surface area contributed by atoms with E-state index in [1.165, 1.54) is 6.07 Å². The molecule has 2 rings (SSSR count). The minimum absolute atomic E-state index is 0. The van der Waals surface area contributed by atoms with Gasteiger partial charge >= 0.3 is 0 Å². The molecule has 0 N–H and O–H groups in total. The number of hydrogen-bond donors (Lipinski definition) is 0. The zero-order chi connectivity index (χ0) is 13.8. The fraction of sp³-hybridized carbons (Fsp3) is 0.188. The van der Waals surface area contributed by atoms with Crippen molar-refractivity contribution in [2.75, 3.05) is 6.61 Å². The largest absolute Gasteiger partial charge is 0.490 e. The SMILES string of the molecule is C=CCOc1ccc(-c2[c-]ccc(=O)n2C)c(C)c1.[Y]. The first-order chi connectivity index (χ1) is 9.13. The predicted octanol–water partition coefficient (Wildman–Crippen LogP) is 2.72. The summed E-state index contributed by atoms with van der Waals surface area (Å²) in [5.74, 6) is 0.794. The molecule has 0 bridgehead atoms. The van der Waals surface area contributed by atoms with Crippen molar-refractivity contribution in [3.8, 4) is 17.0 Å². The van der Waals surface area contributed by atoms with E-state index in [0.29, 0.717) is 6.61 Å². The van der Waals surface area contributed by atoms with Crippen molar-refractivity contribution in [2.24, 2.45) is 7.05 Å². The van der Waals surface area contributed by atoms with Gasteiger partial charge in [0, 0.05) is 39.8 Å². The Morgan fingerprint density at radius 3 is 2.80 bits per heavy atom. The maximum absolute atomic E-state index is 11.6. The van der Waals surface area contributed by atoms with Crippen LogP contribution < -0.4 is 10.3 Å². The first kappa shape index (κ1) is 16.9. The summed E-state index contributed by atoms with van der Waals surface area (Å²) in [6.45, 7) is 6.08. The van der Waals surface area contributed by atoms with E-state index >= 15 is 0 Å². The minimum atomic E-state index is -0.0415. The second-order valence-electron chi connectivity index (χ2n) is 4.30. The molecule has 1 heterocycles. The molecule has 0 fully saturated rings. The van der Waals surface area contributed by atoms with Crippen LogP contribution in [0.15, 0.2) is 47.8 Å². The average Bonchev–Trinajstić information content (AvgIpc) is 2.40. The summed E-state index contributed by atoms with van der Waals surface area (Å²) in [5.41, 5.74) is 2.76. The van der Waals surface area contributed by atoms with Crippen molar-refractivity contribution < 1.29 is 37.4 Å². The Morgan fingerprint density at radius 2 is 2.15 bits per heavy atom. The first-order valence-corrected chi connectivity index (χ1v) is 6.06. The zero-order valence-corrected chi connectivity index (χ0v) is 14.6. The summed E-state index contributed by atoms with van der Waals surface area (Å²) in [6.07, 6.45) is 1.71. The normalized spacial score (nSPS) is 9.70. The molecule has 0 atom stereocenters. The van der Waals surface area contributed by atoms with E-state index in [-0.39, 0.29) is 38.3 Å². The molecule has 1 aromatic heterocycles. The Bertz CT molecular complexity index is 662. The van der Waals surface area contributed by atoms with E-state index in [1.807, 2.05) is 25.1 Å². The fourth-order valence-corrected chi connectivity index (χ4v) is 1.92. The Kier molecular flexibility index (Phi) is 6.37. The number of nitrogens with zero attached hydrogens (tertiary/aromatic N) is 1. The number of ether oxygens (including phenoxy) is 1. The molecule has 0 saturated carbocycles. The van der Waals surface area contributed by atoms with Gasteiger partial charge < -0.3 is 9.30 Å². The molecule has 1 aromatic carbocycles. The molecule has 2 aromatic rings. The van der Waals surface area contributed by atoms with Gasteiger partial charge in [0.1, 0.15) is 12.4 Å². The van der Waals surface area contributed by atoms with Crippen LogP contribution >= 0.6 is 0 Å². The van der Waals surface area contributed by atoms with Crippen LogP contribution in [-0.2, 0) is 39.8 Å². The summed E-state index contributed by atoms with van der Waals surface area (Å²) < 4.78 is 7.07. The molecule has 101 valence electrons.